The molecule has 0 fully saturated rings. The zero-order chi connectivity index (χ0) is 17.3. The zero-order valence-corrected chi connectivity index (χ0v) is 15.1. The predicted octanol–water partition coefficient (Wildman–Crippen LogP) is 3.53. The fourth-order valence-electron chi connectivity index (χ4n) is 2.73. The number of hydrogen-bond acceptors (Lipinski definition) is 5. The van der Waals surface area contributed by atoms with Crippen molar-refractivity contribution in [2.24, 2.45) is 0 Å². The highest BCUT2D eigenvalue weighted by atomic mass is 32.2. The van der Waals surface area contributed by atoms with Crippen LogP contribution in [0.15, 0.2) is 24.3 Å². The second kappa shape index (κ2) is 9.52. The van der Waals surface area contributed by atoms with E-state index in [9.17, 15) is 8.42 Å². The average Bonchev–Trinajstić information content (AvgIpc) is 3.08. The molecule has 0 atom stereocenters. The van der Waals surface area contributed by atoms with Gasteiger partial charge in [0.2, 0.25) is 5.82 Å². The molecule has 1 aromatic heterocycles. The average molecular weight is 350 g/mol. The molecule has 0 spiro atoms. The van der Waals surface area contributed by atoms with Crippen molar-refractivity contribution < 1.29 is 8.42 Å². The number of aromatic amines is 1. The summed E-state index contributed by atoms with van der Waals surface area (Å²) in [5, 5.41) is 13.8. The molecule has 7 heteroatoms. The van der Waals surface area contributed by atoms with Gasteiger partial charge in [-0.15, -0.1) is 10.2 Å². The van der Waals surface area contributed by atoms with Gasteiger partial charge >= 0.3 is 0 Å². The van der Waals surface area contributed by atoms with Crippen LogP contribution in [-0.2, 0) is 15.6 Å². The van der Waals surface area contributed by atoms with Crippen LogP contribution in [0.2, 0.25) is 0 Å². The number of hydrogen-bond donors (Lipinski definition) is 1. The standard InChI is InChI=1S/C17H26N4O2S/c1-2-3-4-5-6-7-10-13-24(22,23)14-15-11-8-9-12-16(15)17-18-20-21-19-17/h8-9,11-12H,2-7,10,13-14H2,1H3,(H,18,19,20,21). The molecular weight excluding hydrogens is 324 g/mol. The molecule has 2 aromatic rings. The van der Waals surface area contributed by atoms with E-state index >= 15 is 0 Å². The number of tetrazole rings is 1. The van der Waals surface area contributed by atoms with Crippen LogP contribution in [0.3, 0.4) is 0 Å². The van der Waals surface area contributed by atoms with Crippen LogP contribution >= 0.6 is 0 Å². The van der Waals surface area contributed by atoms with Gasteiger partial charge in [-0.25, -0.2) is 8.42 Å². The van der Waals surface area contributed by atoms with Crippen molar-refractivity contribution in [3.05, 3.63) is 29.8 Å². The Morgan fingerprint density at radius 2 is 1.71 bits per heavy atom. The summed E-state index contributed by atoms with van der Waals surface area (Å²) in [5.74, 6) is 0.686. The normalized spacial score (nSPS) is 11.7. The number of nitrogens with zero attached hydrogens (tertiary/aromatic N) is 3. The summed E-state index contributed by atoms with van der Waals surface area (Å²) in [6.07, 6.45) is 7.79. The maximum atomic E-state index is 12.4. The summed E-state index contributed by atoms with van der Waals surface area (Å²) in [6, 6.07) is 7.32. The Hall–Kier alpha value is -1.76. The Morgan fingerprint density at radius 1 is 1.00 bits per heavy atom. The molecule has 1 aromatic carbocycles. The van der Waals surface area contributed by atoms with E-state index in [-0.39, 0.29) is 11.5 Å². The van der Waals surface area contributed by atoms with Gasteiger partial charge in [-0.2, -0.15) is 5.21 Å². The molecule has 1 N–H and O–H groups in total. The van der Waals surface area contributed by atoms with Crippen molar-refractivity contribution in [2.75, 3.05) is 5.75 Å². The van der Waals surface area contributed by atoms with Gasteiger partial charge in [0.25, 0.3) is 0 Å². The summed E-state index contributed by atoms with van der Waals surface area (Å²) in [5.41, 5.74) is 1.44. The van der Waals surface area contributed by atoms with Crippen molar-refractivity contribution in [2.45, 2.75) is 57.6 Å². The van der Waals surface area contributed by atoms with E-state index in [1.165, 1.54) is 25.7 Å². The molecule has 0 radical (unpaired) electrons. The first-order valence-corrected chi connectivity index (χ1v) is 10.5. The number of sulfone groups is 1. The maximum Gasteiger partial charge on any atom is 0.204 e. The van der Waals surface area contributed by atoms with Crippen LogP contribution in [-0.4, -0.2) is 34.8 Å². The molecule has 6 nitrogen and oxygen atoms in total. The van der Waals surface area contributed by atoms with E-state index in [0.717, 1.165) is 30.4 Å². The fraction of sp³-hybridized carbons (Fsp3) is 0.588. The van der Waals surface area contributed by atoms with Gasteiger partial charge < -0.3 is 0 Å². The molecule has 132 valence electrons. The fourth-order valence-corrected chi connectivity index (χ4v) is 4.24. The SMILES string of the molecule is CCCCCCCCCS(=O)(=O)Cc1ccccc1-c1nn[nH]n1. The van der Waals surface area contributed by atoms with Crippen molar-refractivity contribution in [1.82, 2.24) is 20.6 Å². The van der Waals surface area contributed by atoms with Crippen LogP contribution in [0, 0.1) is 0 Å². The van der Waals surface area contributed by atoms with Crippen LogP contribution in [0.5, 0.6) is 0 Å². The Labute approximate surface area is 144 Å². The third kappa shape index (κ3) is 6.03. The molecule has 2 rings (SSSR count). The highest BCUT2D eigenvalue weighted by Crippen LogP contribution is 2.22. The van der Waals surface area contributed by atoms with Crippen molar-refractivity contribution in [3.8, 4) is 11.4 Å². The summed E-state index contributed by atoms with van der Waals surface area (Å²) in [4.78, 5) is 0. The van der Waals surface area contributed by atoms with E-state index in [1.807, 2.05) is 24.3 Å². The summed E-state index contributed by atoms with van der Waals surface area (Å²) >= 11 is 0. The molecule has 0 saturated carbocycles. The van der Waals surface area contributed by atoms with Crippen molar-refractivity contribution >= 4 is 9.84 Å². The number of benzene rings is 1. The largest absolute Gasteiger partial charge is 0.228 e. The summed E-state index contributed by atoms with van der Waals surface area (Å²) in [6.45, 7) is 2.19. The third-order valence-electron chi connectivity index (χ3n) is 4.04. The number of unbranched alkanes of at least 4 members (excludes halogenated alkanes) is 6. The number of nitrogens with one attached hydrogen (secondary N) is 1. The molecule has 0 bridgehead atoms. The molecule has 0 unspecified atom stereocenters. The Balaban J connectivity index is 1.86. The van der Waals surface area contributed by atoms with E-state index in [0.29, 0.717) is 5.82 Å². The minimum absolute atomic E-state index is 0.0214. The molecule has 0 saturated heterocycles. The van der Waals surface area contributed by atoms with Gasteiger partial charge in [-0.1, -0.05) is 69.7 Å². The first-order chi connectivity index (χ1) is 11.6. The van der Waals surface area contributed by atoms with Gasteiger partial charge in [0, 0.05) is 5.56 Å². The van der Waals surface area contributed by atoms with Crippen molar-refractivity contribution in [1.29, 1.82) is 0 Å². The minimum Gasteiger partial charge on any atom is -0.228 e. The zero-order valence-electron chi connectivity index (χ0n) is 14.2. The lowest BCUT2D eigenvalue weighted by Gasteiger charge is -2.08. The maximum absolute atomic E-state index is 12.4. The van der Waals surface area contributed by atoms with Gasteiger partial charge in [0.15, 0.2) is 9.84 Å². The van der Waals surface area contributed by atoms with Crippen molar-refractivity contribution in [3.63, 3.8) is 0 Å². The van der Waals surface area contributed by atoms with E-state index < -0.39 is 9.84 Å². The molecular formula is C17H26N4O2S. The summed E-state index contributed by atoms with van der Waals surface area (Å²) < 4.78 is 24.8. The predicted molar refractivity (Wildman–Crippen MR) is 95.1 cm³/mol. The first-order valence-electron chi connectivity index (χ1n) is 8.64. The summed E-state index contributed by atoms with van der Waals surface area (Å²) in [7, 11) is -3.13. The molecule has 0 aliphatic rings. The van der Waals surface area contributed by atoms with E-state index in [4.69, 9.17) is 0 Å². The quantitative estimate of drug-likeness (QED) is 0.626. The van der Waals surface area contributed by atoms with Gasteiger partial charge in [0.05, 0.1) is 11.5 Å². The van der Waals surface area contributed by atoms with Crippen LogP contribution in [0.4, 0.5) is 0 Å². The lowest BCUT2D eigenvalue weighted by molar-refractivity contribution is 0.578. The van der Waals surface area contributed by atoms with Gasteiger partial charge in [0.1, 0.15) is 0 Å². The number of rotatable bonds is 11. The van der Waals surface area contributed by atoms with Crippen LogP contribution in [0.25, 0.3) is 11.4 Å². The smallest absolute Gasteiger partial charge is 0.204 e. The molecule has 24 heavy (non-hydrogen) atoms. The molecule has 0 amide bonds. The monoisotopic (exact) mass is 350 g/mol. The Kier molecular flexibility index (Phi) is 7.36. The van der Waals surface area contributed by atoms with Gasteiger partial charge in [-0.05, 0) is 17.2 Å². The highest BCUT2D eigenvalue weighted by Gasteiger charge is 2.16. The Morgan fingerprint density at radius 3 is 2.42 bits per heavy atom. The second-order valence-corrected chi connectivity index (χ2v) is 8.29. The third-order valence-corrected chi connectivity index (χ3v) is 5.70. The molecule has 0 aliphatic heterocycles. The first kappa shape index (κ1) is 18.6. The van der Waals surface area contributed by atoms with E-state index in [2.05, 4.69) is 27.5 Å². The highest BCUT2D eigenvalue weighted by molar-refractivity contribution is 7.90. The molecule has 0 aliphatic carbocycles. The van der Waals surface area contributed by atoms with E-state index in [1.54, 1.807) is 0 Å². The Bertz CT molecular complexity index is 699. The lowest BCUT2D eigenvalue weighted by Crippen LogP contribution is -2.10. The number of H-pyrrole nitrogens is 1. The van der Waals surface area contributed by atoms with Crippen LogP contribution in [0.1, 0.15) is 57.4 Å². The second-order valence-electron chi connectivity index (χ2n) is 6.11. The topological polar surface area (TPSA) is 88.6 Å². The van der Waals surface area contributed by atoms with Crippen LogP contribution < -0.4 is 0 Å². The minimum atomic E-state index is -3.13. The lowest BCUT2D eigenvalue weighted by atomic mass is 10.1. The van der Waals surface area contributed by atoms with Gasteiger partial charge in [-0.3, -0.25) is 0 Å². The molecule has 1 heterocycles. The number of aromatic nitrogens is 4.